The van der Waals surface area contributed by atoms with E-state index in [1.54, 1.807) is 4.90 Å². The van der Waals surface area contributed by atoms with Gasteiger partial charge in [-0.25, -0.2) is 9.37 Å². The molecule has 1 amide bonds. The number of carbonyl (C=O) groups is 1. The molecule has 1 atom stereocenters. The molecule has 0 radical (unpaired) electrons. The average Bonchev–Trinajstić information content (AvgIpc) is 3.09. The summed E-state index contributed by atoms with van der Waals surface area (Å²) in [5.41, 5.74) is -0.683. The number of carbonyl (C=O) groups excluding carboxylic acids is 1. The zero-order chi connectivity index (χ0) is 18.7. The Labute approximate surface area is 155 Å². The Morgan fingerprint density at radius 2 is 2.35 bits per heavy atom. The van der Waals surface area contributed by atoms with Crippen LogP contribution in [0.15, 0.2) is 28.9 Å². The number of aliphatic hydroxyl groups is 1. The minimum Gasteiger partial charge on any atom is -0.482 e. The normalized spacial score (nSPS) is 20.2. The highest BCUT2D eigenvalue weighted by atomic mass is 35.5. The summed E-state index contributed by atoms with van der Waals surface area (Å²) < 4.78 is 23.8. The van der Waals surface area contributed by atoms with Crippen molar-refractivity contribution in [1.29, 1.82) is 0 Å². The molecule has 1 aromatic heterocycles. The van der Waals surface area contributed by atoms with Gasteiger partial charge in [0.05, 0.1) is 10.6 Å². The van der Waals surface area contributed by atoms with Crippen molar-refractivity contribution >= 4 is 17.5 Å². The third-order valence-electron chi connectivity index (χ3n) is 4.52. The Morgan fingerprint density at radius 3 is 3.08 bits per heavy atom. The lowest BCUT2D eigenvalue weighted by molar-refractivity contribution is -0.0271. The van der Waals surface area contributed by atoms with Crippen LogP contribution < -0.4 is 4.74 Å². The predicted octanol–water partition coefficient (Wildman–Crippen LogP) is 3.42. The predicted molar refractivity (Wildman–Crippen MR) is 92.6 cm³/mol. The molecule has 2 heterocycles. The van der Waals surface area contributed by atoms with E-state index in [0.29, 0.717) is 25.1 Å². The number of oxazole rings is 1. The second kappa shape index (κ2) is 7.63. The zero-order valence-electron chi connectivity index (χ0n) is 14.4. The number of aromatic nitrogens is 1. The molecule has 2 aromatic rings. The molecule has 0 saturated carbocycles. The Hall–Kier alpha value is -2.12. The summed E-state index contributed by atoms with van der Waals surface area (Å²) in [4.78, 5) is 18.3. The summed E-state index contributed by atoms with van der Waals surface area (Å²) >= 11 is 5.89. The summed E-state index contributed by atoms with van der Waals surface area (Å²) in [6.45, 7) is 2.72. The number of hydrogen-bond acceptors (Lipinski definition) is 5. The molecule has 1 aliphatic rings. The first-order valence-electron chi connectivity index (χ1n) is 8.44. The van der Waals surface area contributed by atoms with E-state index in [9.17, 15) is 14.3 Å². The lowest BCUT2D eigenvalue weighted by Gasteiger charge is -2.38. The van der Waals surface area contributed by atoms with Crippen LogP contribution in [0.1, 0.15) is 42.6 Å². The van der Waals surface area contributed by atoms with Crippen molar-refractivity contribution in [3.8, 4) is 5.75 Å². The van der Waals surface area contributed by atoms with Gasteiger partial charge in [-0.2, -0.15) is 0 Å². The number of halogens is 2. The fourth-order valence-corrected chi connectivity index (χ4v) is 3.17. The molecule has 3 rings (SSSR count). The average molecular weight is 383 g/mol. The van der Waals surface area contributed by atoms with Gasteiger partial charge < -0.3 is 19.2 Å². The monoisotopic (exact) mass is 382 g/mol. The van der Waals surface area contributed by atoms with Crippen molar-refractivity contribution in [1.82, 2.24) is 9.88 Å². The second-order valence-electron chi connectivity index (χ2n) is 6.40. The second-order valence-corrected chi connectivity index (χ2v) is 6.81. The minimum atomic E-state index is -0.844. The molecule has 1 fully saturated rings. The van der Waals surface area contributed by atoms with Gasteiger partial charge in [0.25, 0.3) is 5.91 Å². The van der Waals surface area contributed by atoms with Gasteiger partial charge in [0.1, 0.15) is 17.8 Å². The van der Waals surface area contributed by atoms with E-state index in [-0.39, 0.29) is 35.7 Å². The SMILES string of the molecule is CC[C@@]1(O)CCCN(C(=O)c2coc(COc3ccc(F)cc3Cl)n2)C1. The number of nitrogens with zero attached hydrogens (tertiary/aromatic N) is 2. The van der Waals surface area contributed by atoms with Crippen molar-refractivity contribution in [2.45, 2.75) is 38.4 Å². The summed E-state index contributed by atoms with van der Waals surface area (Å²) in [5.74, 6) is -0.244. The van der Waals surface area contributed by atoms with Gasteiger partial charge >= 0.3 is 0 Å². The zero-order valence-corrected chi connectivity index (χ0v) is 15.1. The highest BCUT2D eigenvalue weighted by Crippen LogP contribution is 2.27. The Balaban J connectivity index is 1.63. The highest BCUT2D eigenvalue weighted by Gasteiger charge is 2.34. The number of benzene rings is 1. The van der Waals surface area contributed by atoms with Gasteiger partial charge in [0, 0.05) is 13.1 Å². The number of β-amino-alcohol motifs (C(OH)–C–C–N with tert-alkyl or cyclic N) is 1. The van der Waals surface area contributed by atoms with Crippen LogP contribution >= 0.6 is 11.6 Å². The Bertz CT molecular complexity index is 797. The number of amides is 1. The number of likely N-dealkylation sites (tertiary alicyclic amines) is 1. The van der Waals surface area contributed by atoms with Crippen molar-refractivity contribution in [2.24, 2.45) is 0 Å². The molecule has 1 saturated heterocycles. The number of rotatable bonds is 5. The maximum atomic E-state index is 13.0. The van der Waals surface area contributed by atoms with Crippen molar-refractivity contribution < 1.29 is 23.4 Å². The summed E-state index contributed by atoms with van der Waals surface area (Å²) in [6, 6.07) is 3.79. The summed E-state index contributed by atoms with van der Waals surface area (Å²) in [6.07, 6.45) is 3.29. The van der Waals surface area contributed by atoms with Gasteiger partial charge in [-0.15, -0.1) is 0 Å². The van der Waals surface area contributed by atoms with Crippen LogP contribution in [0, 0.1) is 5.82 Å². The van der Waals surface area contributed by atoms with Crippen LogP contribution in [-0.2, 0) is 6.61 Å². The first kappa shape index (κ1) is 18.7. The van der Waals surface area contributed by atoms with Gasteiger partial charge in [-0.3, -0.25) is 4.79 Å². The van der Waals surface area contributed by atoms with Gasteiger partial charge in [0.2, 0.25) is 5.89 Å². The minimum absolute atomic E-state index is 0.0441. The molecule has 0 aliphatic carbocycles. The van der Waals surface area contributed by atoms with Gasteiger partial charge in [-0.1, -0.05) is 18.5 Å². The van der Waals surface area contributed by atoms with Gasteiger partial charge in [0.15, 0.2) is 12.3 Å². The van der Waals surface area contributed by atoms with Gasteiger partial charge in [-0.05, 0) is 37.5 Å². The number of hydrogen-bond donors (Lipinski definition) is 1. The standard InChI is InChI=1S/C18H20ClFN2O4/c1-2-18(24)6-3-7-22(11-18)17(23)14-9-26-16(21-14)10-25-15-5-4-12(20)8-13(15)19/h4-5,8-9,24H,2-3,6-7,10-11H2,1H3/t18-/m1/s1. The fraction of sp³-hybridized carbons (Fsp3) is 0.444. The maximum Gasteiger partial charge on any atom is 0.275 e. The van der Waals surface area contributed by atoms with E-state index in [1.165, 1.54) is 18.4 Å². The van der Waals surface area contributed by atoms with E-state index in [0.717, 1.165) is 12.5 Å². The molecule has 1 N–H and O–H groups in total. The van der Waals surface area contributed by atoms with E-state index in [2.05, 4.69) is 4.98 Å². The van der Waals surface area contributed by atoms with Crippen LogP contribution in [0.25, 0.3) is 0 Å². The van der Waals surface area contributed by atoms with E-state index in [1.807, 2.05) is 6.92 Å². The molecule has 0 spiro atoms. The quantitative estimate of drug-likeness (QED) is 0.857. The van der Waals surface area contributed by atoms with Crippen LogP contribution in [-0.4, -0.2) is 39.6 Å². The van der Waals surface area contributed by atoms with Crippen LogP contribution in [0.2, 0.25) is 5.02 Å². The molecular weight excluding hydrogens is 363 g/mol. The van der Waals surface area contributed by atoms with Crippen LogP contribution in [0.5, 0.6) is 5.75 Å². The Kier molecular flexibility index (Phi) is 5.48. The van der Waals surface area contributed by atoms with Crippen molar-refractivity contribution in [2.75, 3.05) is 13.1 Å². The molecule has 6 nitrogen and oxygen atoms in total. The van der Waals surface area contributed by atoms with E-state index in [4.69, 9.17) is 20.8 Å². The molecule has 26 heavy (non-hydrogen) atoms. The third kappa shape index (κ3) is 4.16. The van der Waals surface area contributed by atoms with Crippen molar-refractivity contribution in [3.63, 3.8) is 0 Å². The lowest BCUT2D eigenvalue weighted by Crippen LogP contribution is -2.50. The molecule has 8 heteroatoms. The van der Waals surface area contributed by atoms with E-state index >= 15 is 0 Å². The fourth-order valence-electron chi connectivity index (χ4n) is 2.94. The molecular formula is C18H20ClFN2O4. The molecule has 140 valence electrons. The summed E-state index contributed by atoms with van der Waals surface area (Å²) in [5, 5.41) is 10.5. The number of piperidine rings is 1. The molecule has 0 bridgehead atoms. The highest BCUT2D eigenvalue weighted by molar-refractivity contribution is 6.32. The lowest BCUT2D eigenvalue weighted by atomic mass is 9.90. The summed E-state index contributed by atoms with van der Waals surface area (Å²) in [7, 11) is 0. The number of ether oxygens (including phenoxy) is 1. The Morgan fingerprint density at radius 1 is 1.54 bits per heavy atom. The van der Waals surface area contributed by atoms with Crippen LogP contribution in [0.3, 0.4) is 0 Å². The maximum absolute atomic E-state index is 13.0. The molecule has 0 unspecified atom stereocenters. The van der Waals surface area contributed by atoms with Crippen LogP contribution in [0.4, 0.5) is 4.39 Å². The topological polar surface area (TPSA) is 75.8 Å². The first-order valence-corrected chi connectivity index (χ1v) is 8.82. The molecule has 1 aromatic carbocycles. The third-order valence-corrected chi connectivity index (χ3v) is 4.81. The van der Waals surface area contributed by atoms with E-state index < -0.39 is 11.4 Å². The largest absolute Gasteiger partial charge is 0.482 e. The van der Waals surface area contributed by atoms with Crippen molar-refractivity contribution in [3.05, 3.63) is 46.9 Å². The first-order chi connectivity index (χ1) is 12.4. The molecule has 1 aliphatic heterocycles. The smallest absolute Gasteiger partial charge is 0.275 e.